The van der Waals surface area contributed by atoms with E-state index in [2.05, 4.69) is 29.8 Å². The van der Waals surface area contributed by atoms with Crippen LogP contribution in [0.3, 0.4) is 0 Å². The monoisotopic (exact) mass is 277 g/mol. The average molecular weight is 277 g/mol. The summed E-state index contributed by atoms with van der Waals surface area (Å²) < 4.78 is 11.0. The third-order valence-corrected chi connectivity index (χ3v) is 3.93. The number of nitrogens with one attached hydrogen (secondary N) is 1. The van der Waals surface area contributed by atoms with E-state index in [4.69, 9.17) is 9.47 Å². The van der Waals surface area contributed by atoms with Gasteiger partial charge in [-0.1, -0.05) is 19.1 Å². The maximum atomic E-state index is 5.50. The van der Waals surface area contributed by atoms with Crippen molar-refractivity contribution in [2.24, 2.45) is 0 Å². The van der Waals surface area contributed by atoms with Gasteiger partial charge < -0.3 is 14.8 Å². The first kappa shape index (κ1) is 13.9. The zero-order valence-corrected chi connectivity index (χ0v) is 12.3. The van der Waals surface area contributed by atoms with Crippen LogP contribution in [0.25, 0.3) is 0 Å². The van der Waals surface area contributed by atoms with Gasteiger partial charge >= 0.3 is 0 Å². The summed E-state index contributed by atoms with van der Waals surface area (Å²) in [5, 5.41) is 5.59. The first-order valence-corrected chi connectivity index (χ1v) is 7.17. The van der Waals surface area contributed by atoms with Crippen LogP contribution in [0.2, 0.25) is 0 Å². The summed E-state index contributed by atoms with van der Waals surface area (Å²) in [6.07, 6.45) is 0. The van der Waals surface area contributed by atoms with E-state index >= 15 is 0 Å². The number of hydrogen-bond donors (Lipinski definition) is 1. The molecule has 1 heterocycles. The Kier molecular flexibility index (Phi) is 4.82. The Morgan fingerprint density at radius 2 is 1.79 bits per heavy atom. The van der Waals surface area contributed by atoms with E-state index in [1.54, 1.807) is 25.6 Å². The first-order chi connectivity index (χ1) is 9.31. The fourth-order valence-electron chi connectivity index (χ4n) is 2.17. The summed E-state index contributed by atoms with van der Waals surface area (Å²) in [6.45, 7) is 2.98. The molecule has 0 aliphatic rings. The maximum absolute atomic E-state index is 5.50. The molecule has 0 spiro atoms. The molecule has 1 aromatic heterocycles. The van der Waals surface area contributed by atoms with E-state index in [0.717, 1.165) is 23.6 Å². The van der Waals surface area contributed by atoms with Crippen molar-refractivity contribution in [2.75, 3.05) is 20.8 Å². The largest absolute Gasteiger partial charge is 0.496 e. The molecule has 0 saturated carbocycles. The summed E-state index contributed by atoms with van der Waals surface area (Å²) >= 11 is 1.73. The molecule has 0 amide bonds. The highest BCUT2D eigenvalue weighted by Gasteiger charge is 2.22. The number of rotatable bonds is 6. The predicted molar refractivity (Wildman–Crippen MR) is 79.4 cm³/mol. The Morgan fingerprint density at radius 1 is 1.11 bits per heavy atom. The van der Waals surface area contributed by atoms with Crippen LogP contribution in [-0.4, -0.2) is 20.8 Å². The van der Waals surface area contributed by atoms with Crippen molar-refractivity contribution in [1.29, 1.82) is 0 Å². The number of hydrogen-bond acceptors (Lipinski definition) is 4. The van der Waals surface area contributed by atoms with E-state index in [9.17, 15) is 0 Å². The van der Waals surface area contributed by atoms with Crippen LogP contribution in [-0.2, 0) is 0 Å². The van der Waals surface area contributed by atoms with Crippen LogP contribution in [0.4, 0.5) is 0 Å². The van der Waals surface area contributed by atoms with Crippen molar-refractivity contribution in [3.63, 3.8) is 0 Å². The topological polar surface area (TPSA) is 30.5 Å². The van der Waals surface area contributed by atoms with Crippen molar-refractivity contribution in [3.05, 3.63) is 46.2 Å². The SMILES string of the molecule is CCNC(c1cccs1)c1c(OC)cccc1OC. The second-order valence-corrected chi connectivity index (χ2v) is 5.06. The third-order valence-electron chi connectivity index (χ3n) is 2.99. The molecular weight excluding hydrogens is 258 g/mol. The molecule has 2 rings (SSSR count). The van der Waals surface area contributed by atoms with Crippen molar-refractivity contribution < 1.29 is 9.47 Å². The smallest absolute Gasteiger partial charge is 0.127 e. The van der Waals surface area contributed by atoms with Crippen LogP contribution in [0.1, 0.15) is 23.4 Å². The standard InChI is InChI=1S/C15H19NO2S/c1-4-16-15(13-9-6-10-19-13)14-11(17-2)7-5-8-12(14)18-3/h5-10,15-16H,4H2,1-3H3. The summed E-state index contributed by atoms with van der Waals surface area (Å²) in [7, 11) is 3.38. The van der Waals surface area contributed by atoms with Gasteiger partial charge in [0.2, 0.25) is 0 Å². The normalized spacial score (nSPS) is 12.2. The maximum Gasteiger partial charge on any atom is 0.127 e. The number of ether oxygens (including phenoxy) is 2. The lowest BCUT2D eigenvalue weighted by Crippen LogP contribution is -2.22. The fraction of sp³-hybridized carbons (Fsp3) is 0.333. The van der Waals surface area contributed by atoms with Gasteiger partial charge in [0, 0.05) is 4.88 Å². The third kappa shape index (κ3) is 2.91. The number of benzene rings is 1. The summed E-state index contributed by atoms with van der Waals surface area (Å²) in [4.78, 5) is 1.25. The summed E-state index contributed by atoms with van der Waals surface area (Å²) in [5.41, 5.74) is 1.05. The minimum atomic E-state index is 0.0936. The molecule has 3 nitrogen and oxygen atoms in total. The Bertz CT molecular complexity index is 489. The second kappa shape index (κ2) is 6.59. The molecular formula is C15H19NO2S. The number of methoxy groups -OCH3 is 2. The Hall–Kier alpha value is -1.52. The molecule has 102 valence electrons. The Labute approximate surface area is 118 Å². The highest BCUT2D eigenvalue weighted by Crippen LogP contribution is 2.38. The van der Waals surface area contributed by atoms with Gasteiger partial charge in [-0.25, -0.2) is 0 Å². The lowest BCUT2D eigenvalue weighted by atomic mass is 10.0. The zero-order chi connectivity index (χ0) is 13.7. The molecule has 19 heavy (non-hydrogen) atoms. The van der Waals surface area contributed by atoms with Gasteiger partial charge in [-0.2, -0.15) is 0 Å². The molecule has 0 bridgehead atoms. The average Bonchev–Trinajstić information content (AvgIpc) is 2.98. The van der Waals surface area contributed by atoms with Gasteiger partial charge in [-0.05, 0) is 30.1 Å². The highest BCUT2D eigenvalue weighted by molar-refractivity contribution is 7.10. The zero-order valence-electron chi connectivity index (χ0n) is 11.5. The molecule has 1 unspecified atom stereocenters. The molecule has 0 aliphatic heterocycles. The van der Waals surface area contributed by atoms with Gasteiger partial charge in [-0.3, -0.25) is 0 Å². The molecule has 0 fully saturated rings. The van der Waals surface area contributed by atoms with Crippen molar-refractivity contribution >= 4 is 11.3 Å². The van der Waals surface area contributed by atoms with Gasteiger partial charge in [0.1, 0.15) is 11.5 Å². The number of thiophene rings is 1. The van der Waals surface area contributed by atoms with Crippen LogP contribution < -0.4 is 14.8 Å². The van der Waals surface area contributed by atoms with Crippen LogP contribution in [0.5, 0.6) is 11.5 Å². The van der Waals surface area contributed by atoms with Crippen molar-refractivity contribution in [3.8, 4) is 11.5 Å². The van der Waals surface area contributed by atoms with Crippen molar-refractivity contribution in [2.45, 2.75) is 13.0 Å². The first-order valence-electron chi connectivity index (χ1n) is 6.29. The molecule has 1 aromatic carbocycles. The molecule has 0 aliphatic carbocycles. The van der Waals surface area contributed by atoms with Crippen LogP contribution in [0, 0.1) is 0 Å². The van der Waals surface area contributed by atoms with E-state index in [-0.39, 0.29) is 6.04 Å². The lowest BCUT2D eigenvalue weighted by molar-refractivity contribution is 0.378. The molecule has 4 heteroatoms. The van der Waals surface area contributed by atoms with E-state index in [1.807, 2.05) is 18.2 Å². The van der Waals surface area contributed by atoms with E-state index in [0.29, 0.717) is 0 Å². The molecule has 2 aromatic rings. The van der Waals surface area contributed by atoms with Crippen molar-refractivity contribution in [1.82, 2.24) is 5.32 Å². The minimum Gasteiger partial charge on any atom is -0.496 e. The van der Waals surface area contributed by atoms with Crippen LogP contribution in [0.15, 0.2) is 35.7 Å². The van der Waals surface area contributed by atoms with E-state index < -0.39 is 0 Å². The lowest BCUT2D eigenvalue weighted by Gasteiger charge is -2.22. The Morgan fingerprint density at radius 3 is 2.26 bits per heavy atom. The predicted octanol–water partition coefficient (Wildman–Crippen LogP) is 3.46. The van der Waals surface area contributed by atoms with Crippen LogP contribution >= 0.6 is 11.3 Å². The summed E-state index contributed by atoms with van der Waals surface area (Å²) in [6, 6.07) is 10.2. The molecule has 1 N–H and O–H groups in total. The molecule has 0 radical (unpaired) electrons. The van der Waals surface area contributed by atoms with Gasteiger partial charge in [0.05, 0.1) is 25.8 Å². The van der Waals surface area contributed by atoms with Gasteiger partial charge in [0.15, 0.2) is 0 Å². The molecule has 1 atom stereocenters. The fourth-order valence-corrected chi connectivity index (χ4v) is 2.98. The second-order valence-electron chi connectivity index (χ2n) is 4.08. The molecule has 0 saturated heterocycles. The summed E-state index contributed by atoms with van der Waals surface area (Å²) in [5.74, 6) is 1.69. The Balaban J connectivity index is 2.52. The van der Waals surface area contributed by atoms with Gasteiger partial charge in [0.25, 0.3) is 0 Å². The van der Waals surface area contributed by atoms with E-state index in [1.165, 1.54) is 4.88 Å². The minimum absolute atomic E-state index is 0.0936. The quantitative estimate of drug-likeness (QED) is 0.877. The van der Waals surface area contributed by atoms with Gasteiger partial charge in [-0.15, -0.1) is 11.3 Å². The highest BCUT2D eigenvalue weighted by atomic mass is 32.1.